The van der Waals surface area contributed by atoms with Gasteiger partial charge in [0.15, 0.2) is 0 Å². The van der Waals surface area contributed by atoms with Crippen molar-refractivity contribution in [2.24, 2.45) is 0 Å². The lowest BCUT2D eigenvalue weighted by Gasteiger charge is -2.37. The first-order valence-corrected chi connectivity index (χ1v) is 10.1. The molecule has 0 aliphatic carbocycles. The van der Waals surface area contributed by atoms with Crippen LogP contribution in [0.3, 0.4) is 0 Å². The van der Waals surface area contributed by atoms with Gasteiger partial charge in [-0.2, -0.15) is 0 Å². The predicted molar refractivity (Wildman–Crippen MR) is 99.5 cm³/mol. The van der Waals surface area contributed by atoms with Crippen molar-refractivity contribution in [2.45, 2.75) is 36.8 Å². The monoisotopic (exact) mass is 425 g/mol. The van der Waals surface area contributed by atoms with Crippen LogP contribution in [-0.4, -0.2) is 21.1 Å². The second kappa shape index (κ2) is 6.63. The van der Waals surface area contributed by atoms with Gasteiger partial charge in [-0.25, -0.2) is 13.1 Å². The SMILES string of the molecule is COc1ccc(S(=O)(=O)N[C@@H]2CC(C)(C)Oc3ccccc32)cc1Br. The van der Waals surface area contributed by atoms with Crippen molar-refractivity contribution >= 4 is 26.0 Å². The van der Waals surface area contributed by atoms with Gasteiger partial charge in [-0.3, -0.25) is 0 Å². The van der Waals surface area contributed by atoms with Crippen molar-refractivity contribution in [3.8, 4) is 11.5 Å². The van der Waals surface area contributed by atoms with Crippen molar-refractivity contribution in [3.05, 3.63) is 52.5 Å². The molecule has 1 N–H and O–H groups in total. The van der Waals surface area contributed by atoms with Crippen LogP contribution in [0.25, 0.3) is 0 Å². The number of hydrogen-bond donors (Lipinski definition) is 1. The summed E-state index contributed by atoms with van der Waals surface area (Å²) in [5.74, 6) is 1.29. The third-order valence-electron chi connectivity index (χ3n) is 4.11. The fourth-order valence-corrected chi connectivity index (χ4v) is 4.91. The molecule has 7 heteroatoms. The van der Waals surface area contributed by atoms with Gasteiger partial charge in [0.25, 0.3) is 0 Å². The number of para-hydroxylation sites is 1. The Bertz CT molecular complexity index is 896. The van der Waals surface area contributed by atoms with E-state index in [-0.39, 0.29) is 10.9 Å². The lowest BCUT2D eigenvalue weighted by molar-refractivity contribution is 0.0702. The fraction of sp³-hybridized carbons (Fsp3) is 0.333. The number of halogens is 1. The zero-order valence-electron chi connectivity index (χ0n) is 14.2. The molecule has 1 heterocycles. The maximum Gasteiger partial charge on any atom is 0.241 e. The van der Waals surface area contributed by atoms with Crippen molar-refractivity contribution in [1.29, 1.82) is 0 Å². The molecule has 2 aromatic rings. The number of ether oxygens (including phenoxy) is 2. The Hall–Kier alpha value is -1.57. The second-order valence-corrected chi connectivity index (χ2v) is 9.14. The Labute approximate surface area is 156 Å². The Morgan fingerprint density at radius 3 is 2.64 bits per heavy atom. The van der Waals surface area contributed by atoms with Gasteiger partial charge in [0.1, 0.15) is 17.1 Å². The van der Waals surface area contributed by atoms with Crippen molar-refractivity contribution in [2.75, 3.05) is 7.11 Å². The third-order valence-corrected chi connectivity index (χ3v) is 6.20. The van der Waals surface area contributed by atoms with E-state index in [9.17, 15) is 8.42 Å². The first kappa shape index (κ1) is 18.2. The molecule has 0 radical (unpaired) electrons. The Morgan fingerprint density at radius 2 is 1.96 bits per heavy atom. The van der Waals surface area contributed by atoms with Gasteiger partial charge in [-0.15, -0.1) is 0 Å². The Kier molecular flexibility index (Phi) is 4.83. The molecule has 1 aliphatic rings. The highest BCUT2D eigenvalue weighted by Crippen LogP contribution is 2.40. The van der Waals surface area contributed by atoms with Gasteiger partial charge in [-0.1, -0.05) is 18.2 Å². The van der Waals surface area contributed by atoms with E-state index in [2.05, 4.69) is 20.7 Å². The minimum Gasteiger partial charge on any atom is -0.496 e. The molecule has 0 unspecified atom stereocenters. The van der Waals surface area contributed by atoms with Gasteiger partial charge in [0.2, 0.25) is 10.0 Å². The minimum atomic E-state index is -3.69. The van der Waals surface area contributed by atoms with E-state index in [0.717, 1.165) is 5.56 Å². The molecule has 0 aromatic heterocycles. The molecular formula is C18H20BrNO4S. The largest absolute Gasteiger partial charge is 0.496 e. The van der Waals surface area contributed by atoms with E-state index in [1.165, 1.54) is 19.2 Å². The third kappa shape index (κ3) is 3.83. The Morgan fingerprint density at radius 1 is 1.24 bits per heavy atom. The number of rotatable bonds is 4. The molecule has 0 bridgehead atoms. The molecule has 0 spiro atoms. The van der Waals surface area contributed by atoms with Gasteiger partial charge >= 0.3 is 0 Å². The molecule has 0 saturated heterocycles. The molecule has 3 rings (SSSR count). The van der Waals surface area contributed by atoms with Crippen LogP contribution in [0.4, 0.5) is 0 Å². The zero-order valence-corrected chi connectivity index (χ0v) is 16.6. The smallest absolute Gasteiger partial charge is 0.241 e. The quantitative estimate of drug-likeness (QED) is 0.802. The number of methoxy groups -OCH3 is 1. The highest BCUT2D eigenvalue weighted by molar-refractivity contribution is 9.10. The molecule has 1 atom stereocenters. The summed E-state index contributed by atoms with van der Waals surface area (Å²) in [5, 5.41) is 0. The normalized spacial score (nSPS) is 19.0. The van der Waals surface area contributed by atoms with Gasteiger partial charge in [0.05, 0.1) is 22.5 Å². The van der Waals surface area contributed by atoms with E-state index in [1.54, 1.807) is 6.07 Å². The summed E-state index contributed by atoms with van der Waals surface area (Å²) >= 11 is 3.33. The van der Waals surface area contributed by atoms with Crippen molar-refractivity contribution in [3.63, 3.8) is 0 Å². The minimum absolute atomic E-state index is 0.182. The number of nitrogens with one attached hydrogen (secondary N) is 1. The Balaban J connectivity index is 1.94. The summed E-state index contributed by atoms with van der Waals surface area (Å²) in [5.41, 5.74) is 0.389. The van der Waals surface area contributed by atoms with E-state index in [0.29, 0.717) is 22.4 Å². The van der Waals surface area contributed by atoms with Crippen LogP contribution in [-0.2, 0) is 10.0 Å². The molecule has 0 amide bonds. The number of sulfonamides is 1. The molecule has 25 heavy (non-hydrogen) atoms. The zero-order chi connectivity index (χ0) is 18.2. The van der Waals surface area contributed by atoms with E-state index in [4.69, 9.17) is 9.47 Å². The standard InChI is InChI=1S/C18H20BrNO4S/c1-18(2)11-15(13-6-4-5-7-16(13)24-18)20-25(21,22)12-8-9-17(23-3)14(19)10-12/h4-10,15,20H,11H2,1-3H3/t15-/m1/s1. The van der Waals surface area contributed by atoms with Crippen LogP contribution < -0.4 is 14.2 Å². The first-order chi connectivity index (χ1) is 11.7. The molecule has 0 saturated carbocycles. The number of benzene rings is 2. The van der Waals surface area contributed by atoms with Crippen LogP contribution in [0.5, 0.6) is 11.5 Å². The molecule has 0 fully saturated rings. The maximum absolute atomic E-state index is 12.9. The summed E-state index contributed by atoms with van der Waals surface area (Å²) in [4.78, 5) is 0.182. The van der Waals surface area contributed by atoms with Gasteiger partial charge in [-0.05, 0) is 54.0 Å². The van der Waals surface area contributed by atoms with Crippen LogP contribution in [0.1, 0.15) is 31.9 Å². The summed E-state index contributed by atoms with van der Waals surface area (Å²) in [6.07, 6.45) is 0.542. The average Bonchev–Trinajstić information content (AvgIpc) is 2.53. The van der Waals surface area contributed by atoms with Gasteiger partial charge < -0.3 is 9.47 Å². The van der Waals surface area contributed by atoms with Gasteiger partial charge in [0, 0.05) is 12.0 Å². The maximum atomic E-state index is 12.9. The van der Waals surface area contributed by atoms with Crippen LogP contribution in [0, 0.1) is 0 Å². The first-order valence-electron chi connectivity index (χ1n) is 7.86. The van der Waals surface area contributed by atoms with E-state index in [1.807, 2.05) is 38.1 Å². The summed E-state index contributed by atoms with van der Waals surface area (Å²) in [6.45, 7) is 3.91. The highest BCUT2D eigenvalue weighted by Gasteiger charge is 2.36. The lowest BCUT2D eigenvalue weighted by Crippen LogP contribution is -2.41. The molecule has 134 valence electrons. The second-order valence-electron chi connectivity index (χ2n) is 6.57. The summed E-state index contributed by atoms with van der Waals surface area (Å²) in [7, 11) is -2.16. The molecule has 1 aliphatic heterocycles. The van der Waals surface area contributed by atoms with Crippen molar-refractivity contribution < 1.29 is 17.9 Å². The molecular weight excluding hydrogens is 406 g/mol. The average molecular weight is 426 g/mol. The predicted octanol–water partition coefficient (Wildman–Crippen LogP) is 4.04. The van der Waals surface area contributed by atoms with Crippen LogP contribution in [0.2, 0.25) is 0 Å². The fourth-order valence-electron chi connectivity index (χ4n) is 2.98. The number of fused-ring (bicyclic) bond motifs is 1. The molecule has 5 nitrogen and oxygen atoms in total. The summed E-state index contributed by atoms with van der Waals surface area (Å²) < 4.78 is 40.2. The lowest BCUT2D eigenvalue weighted by atomic mass is 9.90. The van der Waals surface area contributed by atoms with E-state index < -0.39 is 15.6 Å². The van der Waals surface area contributed by atoms with Crippen LogP contribution in [0.15, 0.2) is 51.8 Å². The molecule has 2 aromatic carbocycles. The van der Waals surface area contributed by atoms with E-state index >= 15 is 0 Å². The topological polar surface area (TPSA) is 64.6 Å². The summed E-state index contributed by atoms with van der Waals surface area (Å²) in [6, 6.07) is 11.9. The van der Waals surface area contributed by atoms with Crippen LogP contribution >= 0.6 is 15.9 Å². The highest BCUT2D eigenvalue weighted by atomic mass is 79.9. The van der Waals surface area contributed by atoms with Crippen molar-refractivity contribution in [1.82, 2.24) is 4.72 Å². The number of hydrogen-bond acceptors (Lipinski definition) is 4.